The summed E-state index contributed by atoms with van der Waals surface area (Å²) in [5.74, 6) is 2.55. The summed E-state index contributed by atoms with van der Waals surface area (Å²) in [5.41, 5.74) is 6.60. The van der Waals surface area contributed by atoms with E-state index in [0.29, 0.717) is 18.4 Å². The Hall–Kier alpha value is -0.830. The minimum absolute atomic E-state index is 0.346. The number of aromatic nitrogens is 1. The molecule has 80 valence electrons. The van der Waals surface area contributed by atoms with Crippen LogP contribution in [0.4, 0.5) is 0 Å². The smallest absolute Gasteiger partial charge is 0.197 e. The van der Waals surface area contributed by atoms with Gasteiger partial charge in [0.1, 0.15) is 5.76 Å². The predicted octanol–water partition coefficient (Wildman–Crippen LogP) is 2.42. The summed E-state index contributed by atoms with van der Waals surface area (Å²) in [6.45, 7) is 9.04. The maximum atomic E-state index is 5.69. The van der Waals surface area contributed by atoms with E-state index in [0.717, 1.165) is 23.8 Å². The van der Waals surface area contributed by atoms with E-state index in [-0.39, 0.29) is 0 Å². The molecule has 0 unspecified atom stereocenters. The van der Waals surface area contributed by atoms with Crippen LogP contribution in [0.15, 0.2) is 4.42 Å². The van der Waals surface area contributed by atoms with Gasteiger partial charge in [0, 0.05) is 12.3 Å². The molecule has 1 heterocycles. The Morgan fingerprint density at radius 1 is 1.21 bits per heavy atom. The van der Waals surface area contributed by atoms with Gasteiger partial charge in [-0.25, -0.2) is 4.98 Å². The van der Waals surface area contributed by atoms with E-state index in [9.17, 15) is 0 Å². The minimum Gasteiger partial charge on any atom is -0.445 e. The fraction of sp³-hybridized carbons (Fsp3) is 0.727. The monoisotopic (exact) mass is 196 g/mol. The van der Waals surface area contributed by atoms with E-state index in [1.807, 2.05) is 0 Å². The highest BCUT2D eigenvalue weighted by molar-refractivity contribution is 5.15. The van der Waals surface area contributed by atoms with Crippen molar-refractivity contribution in [3.8, 4) is 0 Å². The third-order valence-electron chi connectivity index (χ3n) is 2.16. The lowest BCUT2D eigenvalue weighted by Crippen LogP contribution is -2.04. The van der Waals surface area contributed by atoms with Gasteiger partial charge in [0.25, 0.3) is 0 Å². The van der Waals surface area contributed by atoms with Gasteiger partial charge in [0.15, 0.2) is 5.89 Å². The first-order valence-electron chi connectivity index (χ1n) is 5.25. The molecule has 1 aromatic rings. The van der Waals surface area contributed by atoms with Gasteiger partial charge < -0.3 is 10.2 Å². The Morgan fingerprint density at radius 3 is 2.29 bits per heavy atom. The molecule has 0 aliphatic heterocycles. The summed E-state index contributed by atoms with van der Waals surface area (Å²) < 4.78 is 5.69. The highest BCUT2D eigenvalue weighted by Crippen LogP contribution is 2.24. The first kappa shape index (κ1) is 11.2. The molecule has 0 aliphatic carbocycles. The second kappa shape index (κ2) is 4.60. The molecule has 0 amide bonds. The zero-order chi connectivity index (χ0) is 10.7. The summed E-state index contributed by atoms with van der Waals surface area (Å²) in [4.78, 5) is 4.51. The van der Waals surface area contributed by atoms with Crippen molar-refractivity contribution < 1.29 is 4.42 Å². The third kappa shape index (κ3) is 2.35. The zero-order valence-corrected chi connectivity index (χ0v) is 9.50. The van der Waals surface area contributed by atoms with Crippen molar-refractivity contribution in [2.45, 2.75) is 46.0 Å². The molecule has 0 fully saturated rings. The average Bonchev–Trinajstić information content (AvgIpc) is 2.49. The summed E-state index contributed by atoms with van der Waals surface area (Å²) in [6, 6.07) is 0. The van der Waals surface area contributed by atoms with Gasteiger partial charge in [0.2, 0.25) is 0 Å². The summed E-state index contributed by atoms with van der Waals surface area (Å²) >= 11 is 0. The SMILES string of the molecule is CC(C)c1nc(C(C)C)c(CCN)o1. The van der Waals surface area contributed by atoms with Gasteiger partial charge >= 0.3 is 0 Å². The molecule has 0 aromatic carbocycles. The molecule has 0 saturated carbocycles. The lowest BCUT2D eigenvalue weighted by Gasteiger charge is -2.01. The summed E-state index contributed by atoms with van der Waals surface area (Å²) in [7, 11) is 0. The Balaban J connectivity index is 2.99. The Bertz CT molecular complexity index is 289. The molecule has 2 N–H and O–H groups in total. The van der Waals surface area contributed by atoms with Crippen LogP contribution in [0.2, 0.25) is 0 Å². The van der Waals surface area contributed by atoms with E-state index in [1.54, 1.807) is 0 Å². The molecule has 0 aliphatic rings. The maximum absolute atomic E-state index is 5.69. The number of oxazole rings is 1. The van der Waals surface area contributed by atoms with Crippen molar-refractivity contribution in [3.05, 3.63) is 17.3 Å². The molecule has 0 radical (unpaired) electrons. The van der Waals surface area contributed by atoms with Crippen molar-refractivity contribution >= 4 is 0 Å². The standard InChI is InChI=1S/C11H20N2O/c1-7(2)10-9(5-6-12)14-11(13-10)8(3)4/h7-8H,5-6,12H2,1-4H3. The highest BCUT2D eigenvalue weighted by atomic mass is 16.4. The van der Waals surface area contributed by atoms with Crippen LogP contribution in [0.3, 0.4) is 0 Å². The van der Waals surface area contributed by atoms with Crippen LogP contribution in [0.5, 0.6) is 0 Å². The molecular weight excluding hydrogens is 176 g/mol. The molecule has 0 saturated heterocycles. The van der Waals surface area contributed by atoms with Crippen LogP contribution >= 0.6 is 0 Å². The molecule has 1 rings (SSSR count). The number of rotatable bonds is 4. The van der Waals surface area contributed by atoms with Gasteiger partial charge in [-0.05, 0) is 12.5 Å². The molecule has 0 bridgehead atoms. The second-order valence-electron chi connectivity index (χ2n) is 4.21. The van der Waals surface area contributed by atoms with Crippen molar-refractivity contribution in [2.24, 2.45) is 5.73 Å². The van der Waals surface area contributed by atoms with E-state index in [2.05, 4.69) is 32.7 Å². The molecular formula is C11H20N2O. The van der Waals surface area contributed by atoms with E-state index < -0.39 is 0 Å². The highest BCUT2D eigenvalue weighted by Gasteiger charge is 2.16. The predicted molar refractivity (Wildman–Crippen MR) is 57.4 cm³/mol. The van der Waals surface area contributed by atoms with Gasteiger partial charge in [-0.1, -0.05) is 27.7 Å². The van der Waals surface area contributed by atoms with Gasteiger partial charge in [0.05, 0.1) is 5.69 Å². The molecule has 0 atom stereocenters. The lowest BCUT2D eigenvalue weighted by atomic mass is 10.1. The van der Waals surface area contributed by atoms with Crippen molar-refractivity contribution in [3.63, 3.8) is 0 Å². The molecule has 3 heteroatoms. The minimum atomic E-state index is 0.346. The average molecular weight is 196 g/mol. The van der Waals surface area contributed by atoms with E-state index in [1.165, 1.54) is 0 Å². The van der Waals surface area contributed by atoms with Crippen molar-refractivity contribution in [1.29, 1.82) is 0 Å². The van der Waals surface area contributed by atoms with Crippen LogP contribution in [0.1, 0.15) is 56.9 Å². The number of nitrogens with zero attached hydrogens (tertiary/aromatic N) is 1. The van der Waals surface area contributed by atoms with Crippen LogP contribution in [0.25, 0.3) is 0 Å². The van der Waals surface area contributed by atoms with Gasteiger partial charge in [-0.2, -0.15) is 0 Å². The van der Waals surface area contributed by atoms with Gasteiger partial charge in [-0.15, -0.1) is 0 Å². The maximum Gasteiger partial charge on any atom is 0.197 e. The Labute approximate surface area is 85.7 Å². The Kier molecular flexibility index (Phi) is 3.69. The van der Waals surface area contributed by atoms with Crippen LogP contribution in [-0.2, 0) is 6.42 Å². The zero-order valence-electron chi connectivity index (χ0n) is 9.50. The largest absolute Gasteiger partial charge is 0.445 e. The quantitative estimate of drug-likeness (QED) is 0.804. The number of hydrogen-bond acceptors (Lipinski definition) is 3. The van der Waals surface area contributed by atoms with Crippen molar-refractivity contribution in [1.82, 2.24) is 4.98 Å². The van der Waals surface area contributed by atoms with Crippen molar-refractivity contribution in [2.75, 3.05) is 6.54 Å². The molecule has 14 heavy (non-hydrogen) atoms. The molecule has 0 spiro atoms. The normalized spacial score (nSPS) is 11.6. The van der Waals surface area contributed by atoms with E-state index in [4.69, 9.17) is 10.2 Å². The van der Waals surface area contributed by atoms with Crippen LogP contribution in [0, 0.1) is 0 Å². The van der Waals surface area contributed by atoms with Gasteiger partial charge in [-0.3, -0.25) is 0 Å². The molecule has 1 aromatic heterocycles. The fourth-order valence-corrected chi connectivity index (χ4v) is 1.39. The Morgan fingerprint density at radius 2 is 1.86 bits per heavy atom. The number of hydrogen-bond donors (Lipinski definition) is 1. The van der Waals surface area contributed by atoms with Crippen LogP contribution < -0.4 is 5.73 Å². The first-order valence-corrected chi connectivity index (χ1v) is 5.25. The lowest BCUT2D eigenvalue weighted by molar-refractivity contribution is 0.435. The third-order valence-corrected chi connectivity index (χ3v) is 2.16. The van der Waals surface area contributed by atoms with E-state index >= 15 is 0 Å². The molecule has 3 nitrogen and oxygen atoms in total. The summed E-state index contributed by atoms with van der Waals surface area (Å²) in [5, 5.41) is 0. The summed E-state index contributed by atoms with van der Waals surface area (Å²) in [6.07, 6.45) is 0.785. The second-order valence-corrected chi connectivity index (χ2v) is 4.21. The first-order chi connectivity index (χ1) is 6.56. The fourth-order valence-electron chi connectivity index (χ4n) is 1.39. The topological polar surface area (TPSA) is 52.0 Å². The van der Waals surface area contributed by atoms with Crippen LogP contribution in [-0.4, -0.2) is 11.5 Å². The number of nitrogens with two attached hydrogens (primary N) is 1.